The first-order valence-electron chi connectivity index (χ1n) is 8.93. The van der Waals surface area contributed by atoms with E-state index in [1.165, 1.54) is 12.8 Å². The number of hydrogen-bond donors (Lipinski definition) is 0. The number of para-hydroxylation sites is 1. The molecule has 2 heteroatoms. The van der Waals surface area contributed by atoms with Crippen LogP contribution < -0.4 is 4.57 Å². The lowest BCUT2D eigenvalue weighted by atomic mass is 9.88. The maximum atomic E-state index is 9.12. The van der Waals surface area contributed by atoms with Gasteiger partial charge in [-0.2, -0.15) is 4.57 Å². The fraction of sp³-hybridized carbons (Fsp3) is 0.421. The molecular formula is C19H23N2+. The molecule has 1 aromatic heterocycles. The summed E-state index contributed by atoms with van der Waals surface area (Å²) in [7, 11) is 0. The molecule has 1 aromatic carbocycles. The third-order valence-electron chi connectivity index (χ3n) is 4.95. The molecule has 0 amide bonds. The Balaban J connectivity index is 1.91. The lowest BCUT2D eigenvalue weighted by molar-refractivity contribution is -0.602. The molecule has 1 aliphatic heterocycles. The van der Waals surface area contributed by atoms with Crippen molar-refractivity contribution in [2.75, 3.05) is 0 Å². The minimum Gasteiger partial charge on any atom is -0.205 e. The first-order chi connectivity index (χ1) is 11.0. The van der Waals surface area contributed by atoms with Gasteiger partial charge in [0.15, 0.2) is 7.06 Å². The average molecular weight is 281 g/mol. The maximum absolute atomic E-state index is 9.12. The first kappa shape index (κ1) is 10.8. The second-order valence-electron chi connectivity index (χ2n) is 6.28. The molecular weight excluding hydrogens is 256 g/mol. The van der Waals surface area contributed by atoms with Crippen LogP contribution in [0.15, 0.2) is 36.6 Å². The lowest BCUT2D eigenvalue weighted by Gasteiger charge is -2.14. The van der Waals surface area contributed by atoms with Crippen molar-refractivity contribution in [3.63, 3.8) is 0 Å². The van der Waals surface area contributed by atoms with Crippen LogP contribution in [0.5, 0.6) is 0 Å². The highest BCUT2D eigenvalue weighted by atomic mass is 15.2. The normalized spacial score (nSPS) is 26.0. The van der Waals surface area contributed by atoms with E-state index in [1.54, 1.807) is 0 Å². The molecule has 2 aliphatic rings. The smallest absolute Gasteiger partial charge is 0.205 e. The number of aromatic nitrogens is 2. The van der Waals surface area contributed by atoms with Crippen LogP contribution in [0.2, 0.25) is 0 Å². The standard InChI is InChI=1S/C19H23N2/c1-14-7-3-6-10-18(14)21-13-20-12-11-17(19(20)15(21)2)16-8-4-5-9-16/h3,6-7,10-13,16-17H,4-5,8-9H2,1-2H3/q+1/i13D,17D. The topological polar surface area (TPSA) is 8.81 Å². The quantitative estimate of drug-likeness (QED) is 0.732. The number of hydrogen-bond acceptors (Lipinski definition) is 0. The van der Waals surface area contributed by atoms with Crippen molar-refractivity contribution in [1.82, 2.24) is 4.57 Å². The summed E-state index contributed by atoms with van der Waals surface area (Å²) in [4.78, 5) is 0. The predicted molar refractivity (Wildman–Crippen MR) is 85.5 cm³/mol. The number of nitrogens with zero attached hydrogens (tertiary/aromatic N) is 2. The van der Waals surface area contributed by atoms with Gasteiger partial charge in [0.1, 0.15) is 11.4 Å². The van der Waals surface area contributed by atoms with E-state index in [9.17, 15) is 0 Å². The second kappa shape index (κ2) is 4.87. The Bertz CT molecular complexity index is 800. The van der Waals surface area contributed by atoms with Crippen molar-refractivity contribution in [2.24, 2.45) is 5.92 Å². The van der Waals surface area contributed by atoms with Crippen molar-refractivity contribution in [2.45, 2.75) is 45.4 Å². The number of allylic oxidation sites excluding steroid dienone is 1. The van der Waals surface area contributed by atoms with Gasteiger partial charge in [-0.1, -0.05) is 31.0 Å². The van der Waals surface area contributed by atoms with Crippen LogP contribution >= 0.6 is 0 Å². The van der Waals surface area contributed by atoms with E-state index in [-0.39, 0.29) is 0 Å². The van der Waals surface area contributed by atoms with E-state index in [0.717, 1.165) is 35.5 Å². The fourth-order valence-corrected chi connectivity index (χ4v) is 3.82. The average Bonchev–Trinajstić information content (AvgIpc) is 3.22. The Morgan fingerprint density at radius 3 is 2.76 bits per heavy atom. The molecule has 0 radical (unpaired) electrons. The SMILES string of the molecule is [2H]c1n2c(c(C)[n+]1-c1ccccc1C)C([2H])(C1CCCC1)C=C2. The number of benzene rings is 1. The van der Waals surface area contributed by atoms with Gasteiger partial charge < -0.3 is 0 Å². The van der Waals surface area contributed by atoms with E-state index < -0.39 is 5.89 Å². The zero-order chi connectivity index (χ0) is 16.2. The van der Waals surface area contributed by atoms with Crippen molar-refractivity contribution in [3.05, 3.63) is 53.6 Å². The second-order valence-corrected chi connectivity index (χ2v) is 6.28. The Kier molecular flexibility index (Phi) is 2.51. The summed E-state index contributed by atoms with van der Waals surface area (Å²) in [5.41, 5.74) is 4.20. The molecule has 1 aliphatic carbocycles. The van der Waals surface area contributed by atoms with Crippen LogP contribution in [0.4, 0.5) is 0 Å². The van der Waals surface area contributed by atoms with Crippen LogP contribution in [-0.2, 0) is 0 Å². The maximum Gasteiger partial charge on any atom is 0.254 e. The Hall–Kier alpha value is -1.83. The van der Waals surface area contributed by atoms with Crippen LogP contribution in [0.1, 0.15) is 51.3 Å². The third kappa shape index (κ3) is 1.97. The highest BCUT2D eigenvalue weighted by molar-refractivity contribution is 5.43. The molecule has 0 spiro atoms. The molecule has 0 saturated heterocycles. The van der Waals surface area contributed by atoms with Gasteiger partial charge in [-0.3, -0.25) is 0 Å². The van der Waals surface area contributed by atoms with Crippen LogP contribution in [-0.4, -0.2) is 4.57 Å². The summed E-state index contributed by atoms with van der Waals surface area (Å²) in [5.74, 6) is -0.303. The van der Waals surface area contributed by atoms with Gasteiger partial charge in [0, 0.05) is 14.2 Å². The van der Waals surface area contributed by atoms with Gasteiger partial charge in [-0.15, -0.1) is 0 Å². The molecule has 2 nitrogen and oxygen atoms in total. The molecule has 21 heavy (non-hydrogen) atoms. The van der Waals surface area contributed by atoms with E-state index >= 15 is 0 Å². The fourth-order valence-electron chi connectivity index (χ4n) is 3.82. The Morgan fingerprint density at radius 2 is 2.00 bits per heavy atom. The summed E-state index contributed by atoms with van der Waals surface area (Å²) in [6.45, 7) is 4.13. The highest BCUT2D eigenvalue weighted by Crippen LogP contribution is 2.41. The molecule has 2 heterocycles. The third-order valence-corrected chi connectivity index (χ3v) is 4.95. The van der Waals surface area contributed by atoms with Gasteiger partial charge in [-0.05, 0) is 43.4 Å². The number of aryl methyl sites for hydroxylation is 1. The van der Waals surface area contributed by atoms with E-state index in [2.05, 4.69) is 26.0 Å². The summed E-state index contributed by atoms with van der Waals surface area (Å²) < 4.78 is 21.6. The molecule has 1 unspecified atom stereocenters. The summed E-state index contributed by atoms with van der Waals surface area (Å²) in [6.07, 6.45) is 9.08. The summed E-state index contributed by atoms with van der Waals surface area (Å²) >= 11 is 0. The van der Waals surface area contributed by atoms with Crippen LogP contribution in [0, 0.1) is 19.8 Å². The first-order valence-corrected chi connectivity index (χ1v) is 7.93. The van der Waals surface area contributed by atoms with Crippen molar-refractivity contribution < 1.29 is 7.31 Å². The zero-order valence-electron chi connectivity index (χ0n) is 14.8. The molecule has 0 N–H and O–H groups in total. The van der Waals surface area contributed by atoms with Crippen LogP contribution in [0.3, 0.4) is 0 Å². The van der Waals surface area contributed by atoms with Crippen molar-refractivity contribution in [1.29, 1.82) is 0 Å². The van der Waals surface area contributed by atoms with Gasteiger partial charge in [-0.25, -0.2) is 4.57 Å². The molecule has 1 saturated carbocycles. The van der Waals surface area contributed by atoms with Gasteiger partial charge in [0.05, 0.1) is 6.20 Å². The molecule has 2 aromatic rings. The minimum absolute atomic E-state index is 0.373. The minimum atomic E-state index is -0.676. The molecule has 1 atom stereocenters. The zero-order valence-corrected chi connectivity index (χ0v) is 12.8. The number of rotatable bonds is 2. The summed E-state index contributed by atoms with van der Waals surface area (Å²) in [5, 5.41) is 0. The summed E-state index contributed by atoms with van der Waals surface area (Å²) in [6, 6.07) is 8.17. The predicted octanol–water partition coefficient (Wildman–Crippen LogP) is 4.14. The van der Waals surface area contributed by atoms with E-state index in [4.69, 9.17) is 2.74 Å². The monoisotopic (exact) mass is 281 g/mol. The number of imidazole rings is 1. The van der Waals surface area contributed by atoms with Crippen molar-refractivity contribution >= 4 is 6.20 Å². The molecule has 108 valence electrons. The van der Waals surface area contributed by atoms with Gasteiger partial charge in [0.2, 0.25) is 0 Å². The largest absolute Gasteiger partial charge is 0.254 e. The Morgan fingerprint density at radius 1 is 1.24 bits per heavy atom. The van der Waals surface area contributed by atoms with Gasteiger partial charge in [0.25, 0.3) is 6.30 Å². The lowest BCUT2D eigenvalue weighted by Crippen LogP contribution is -2.33. The molecule has 0 bridgehead atoms. The number of fused-ring (bicyclic) bond motifs is 1. The van der Waals surface area contributed by atoms with E-state index in [0.29, 0.717) is 12.2 Å². The van der Waals surface area contributed by atoms with E-state index in [1.807, 2.05) is 33.5 Å². The van der Waals surface area contributed by atoms with Gasteiger partial charge >= 0.3 is 0 Å². The highest BCUT2D eigenvalue weighted by Gasteiger charge is 2.36. The van der Waals surface area contributed by atoms with Crippen molar-refractivity contribution in [3.8, 4) is 5.69 Å². The molecule has 1 fully saturated rings. The Labute approximate surface area is 129 Å². The van der Waals surface area contributed by atoms with Crippen LogP contribution in [0.25, 0.3) is 11.9 Å². The molecule has 4 rings (SSSR count).